The highest BCUT2D eigenvalue weighted by molar-refractivity contribution is 5.94. The van der Waals surface area contributed by atoms with Crippen molar-refractivity contribution in [3.63, 3.8) is 0 Å². The van der Waals surface area contributed by atoms with Crippen LogP contribution in [0, 0.1) is 17.8 Å². The first kappa shape index (κ1) is 15.4. The molecule has 2 heteroatoms. The van der Waals surface area contributed by atoms with E-state index in [0.717, 1.165) is 23.0 Å². The molecule has 2 nitrogen and oxygen atoms in total. The first-order valence-electron chi connectivity index (χ1n) is 9.17. The molecule has 0 radical (unpaired) electrons. The number of carbonyl (C=O) groups is 1. The van der Waals surface area contributed by atoms with Gasteiger partial charge in [-0.25, -0.2) is 0 Å². The Bertz CT molecular complexity index is 707. The van der Waals surface area contributed by atoms with E-state index in [1.54, 1.807) is 0 Å². The van der Waals surface area contributed by atoms with Crippen LogP contribution in [0.1, 0.15) is 43.0 Å². The van der Waals surface area contributed by atoms with E-state index in [9.17, 15) is 4.79 Å². The van der Waals surface area contributed by atoms with Crippen LogP contribution >= 0.6 is 0 Å². The number of hydrogen-bond donors (Lipinski definition) is 1. The minimum Gasteiger partial charge on any atom is -0.349 e. The maximum Gasteiger partial charge on any atom is 0.251 e. The molecule has 0 aromatic heterocycles. The zero-order valence-electron chi connectivity index (χ0n) is 14.2. The Kier molecular flexibility index (Phi) is 4.13. The van der Waals surface area contributed by atoms with Crippen LogP contribution in [0.15, 0.2) is 54.6 Å². The molecule has 2 aliphatic carbocycles. The van der Waals surface area contributed by atoms with Gasteiger partial charge in [0, 0.05) is 11.6 Å². The van der Waals surface area contributed by atoms with Crippen molar-refractivity contribution in [2.24, 2.45) is 17.8 Å². The van der Waals surface area contributed by atoms with Gasteiger partial charge in [-0.3, -0.25) is 4.79 Å². The van der Waals surface area contributed by atoms with E-state index in [1.807, 2.05) is 42.5 Å². The van der Waals surface area contributed by atoms with Crippen LogP contribution in [0.3, 0.4) is 0 Å². The van der Waals surface area contributed by atoms with Gasteiger partial charge in [0.25, 0.3) is 5.91 Å². The Hall–Kier alpha value is -2.09. The highest BCUT2D eigenvalue weighted by Crippen LogP contribution is 2.49. The van der Waals surface area contributed by atoms with Crippen LogP contribution in [0.25, 0.3) is 11.1 Å². The largest absolute Gasteiger partial charge is 0.349 e. The molecule has 2 bridgehead atoms. The third-order valence-corrected chi connectivity index (χ3v) is 6.05. The monoisotopic (exact) mass is 319 g/mol. The Labute approximate surface area is 144 Å². The highest BCUT2D eigenvalue weighted by atomic mass is 16.1. The van der Waals surface area contributed by atoms with Crippen molar-refractivity contribution in [1.29, 1.82) is 0 Å². The van der Waals surface area contributed by atoms with E-state index in [2.05, 4.69) is 24.4 Å². The predicted octanol–water partition coefficient (Wildman–Crippen LogP) is 4.91. The number of benzene rings is 2. The third kappa shape index (κ3) is 2.98. The molecule has 124 valence electrons. The lowest BCUT2D eigenvalue weighted by Gasteiger charge is -2.28. The van der Waals surface area contributed by atoms with Crippen LogP contribution in [-0.4, -0.2) is 11.9 Å². The molecule has 4 unspecified atom stereocenters. The predicted molar refractivity (Wildman–Crippen MR) is 97.7 cm³/mol. The second kappa shape index (κ2) is 6.43. The van der Waals surface area contributed by atoms with Crippen molar-refractivity contribution in [1.82, 2.24) is 5.32 Å². The molecule has 2 fully saturated rings. The van der Waals surface area contributed by atoms with Crippen LogP contribution in [-0.2, 0) is 0 Å². The molecule has 24 heavy (non-hydrogen) atoms. The van der Waals surface area contributed by atoms with E-state index in [4.69, 9.17) is 0 Å². The normalized spacial score (nSPS) is 26.3. The summed E-state index contributed by atoms with van der Waals surface area (Å²) in [5.41, 5.74) is 3.08. The quantitative estimate of drug-likeness (QED) is 0.852. The van der Waals surface area contributed by atoms with Gasteiger partial charge in [0.15, 0.2) is 0 Å². The number of carbonyl (C=O) groups excluding carboxylic acids is 1. The number of nitrogens with one attached hydrogen (secondary N) is 1. The second-order valence-corrected chi connectivity index (χ2v) is 7.54. The van der Waals surface area contributed by atoms with Gasteiger partial charge in [-0.1, -0.05) is 48.9 Å². The summed E-state index contributed by atoms with van der Waals surface area (Å²) in [4.78, 5) is 12.6. The standard InChI is InChI=1S/C22H25NO/c1-15(21-14-16-7-8-20(21)13-16)23-22(24)19-11-9-18(10-12-19)17-5-3-2-4-6-17/h2-6,9-12,15-16,20-21H,7-8,13-14H2,1H3,(H,23,24). The van der Waals surface area contributed by atoms with Gasteiger partial charge in [0.2, 0.25) is 0 Å². The van der Waals surface area contributed by atoms with Crippen LogP contribution in [0.4, 0.5) is 0 Å². The lowest BCUT2D eigenvalue weighted by molar-refractivity contribution is 0.0915. The van der Waals surface area contributed by atoms with Crippen molar-refractivity contribution in [3.8, 4) is 11.1 Å². The fraction of sp³-hybridized carbons (Fsp3) is 0.409. The maximum absolute atomic E-state index is 12.6. The van der Waals surface area contributed by atoms with Crippen LogP contribution < -0.4 is 5.32 Å². The topological polar surface area (TPSA) is 29.1 Å². The Morgan fingerprint density at radius 1 is 0.958 bits per heavy atom. The molecule has 1 amide bonds. The smallest absolute Gasteiger partial charge is 0.251 e. The van der Waals surface area contributed by atoms with E-state index >= 15 is 0 Å². The summed E-state index contributed by atoms with van der Waals surface area (Å²) in [6.45, 7) is 2.18. The molecule has 1 N–H and O–H groups in total. The van der Waals surface area contributed by atoms with Crippen molar-refractivity contribution >= 4 is 5.91 Å². The summed E-state index contributed by atoms with van der Waals surface area (Å²) in [5, 5.41) is 3.24. The van der Waals surface area contributed by atoms with Crippen molar-refractivity contribution in [2.45, 2.75) is 38.6 Å². The summed E-state index contributed by atoms with van der Waals surface area (Å²) in [6, 6.07) is 18.5. The van der Waals surface area contributed by atoms with Gasteiger partial charge >= 0.3 is 0 Å². The molecule has 4 atom stereocenters. The molecule has 0 aliphatic heterocycles. The van der Waals surface area contributed by atoms with Gasteiger partial charge in [-0.05, 0) is 67.2 Å². The number of rotatable bonds is 4. The fourth-order valence-corrected chi connectivity index (χ4v) is 4.75. The molecule has 0 saturated heterocycles. The van der Waals surface area contributed by atoms with Crippen molar-refractivity contribution in [3.05, 3.63) is 60.2 Å². The first-order valence-corrected chi connectivity index (χ1v) is 9.17. The Balaban J connectivity index is 1.41. The van der Waals surface area contributed by atoms with Crippen molar-refractivity contribution in [2.75, 3.05) is 0 Å². The van der Waals surface area contributed by atoms with E-state index < -0.39 is 0 Å². The average molecular weight is 319 g/mol. The molecule has 2 aromatic rings. The van der Waals surface area contributed by atoms with Gasteiger partial charge in [-0.15, -0.1) is 0 Å². The molecular weight excluding hydrogens is 294 g/mol. The number of amides is 1. The molecule has 0 heterocycles. The average Bonchev–Trinajstić information content (AvgIpc) is 3.26. The Morgan fingerprint density at radius 3 is 2.29 bits per heavy atom. The third-order valence-electron chi connectivity index (χ3n) is 6.05. The number of hydrogen-bond acceptors (Lipinski definition) is 1. The Morgan fingerprint density at radius 2 is 1.67 bits per heavy atom. The summed E-state index contributed by atoms with van der Waals surface area (Å²) < 4.78 is 0. The first-order chi connectivity index (χ1) is 11.7. The second-order valence-electron chi connectivity index (χ2n) is 7.54. The van der Waals surface area contributed by atoms with Crippen LogP contribution in [0.5, 0.6) is 0 Å². The lowest BCUT2D eigenvalue weighted by Crippen LogP contribution is -2.40. The molecular formula is C22H25NO. The minimum absolute atomic E-state index is 0.0601. The summed E-state index contributed by atoms with van der Waals surface area (Å²) in [6.07, 6.45) is 5.46. The van der Waals surface area contributed by atoms with Gasteiger partial charge in [0.1, 0.15) is 0 Å². The summed E-state index contributed by atoms with van der Waals surface area (Å²) >= 11 is 0. The molecule has 0 spiro atoms. The van der Waals surface area contributed by atoms with E-state index in [0.29, 0.717) is 5.92 Å². The summed E-state index contributed by atoms with van der Waals surface area (Å²) in [7, 11) is 0. The zero-order valence-corrected chi connectivity index (χ0v) is 14.2. The highest BCUT2D eigenvalue weighted by Gasteiger charge is 2.42. The molecule has 2 aliphatic rings. The van der Waals surface area contributed by atoms with Crippen molar-refractivity contribution < 1.29 is 4.79 Å². The maximum atomic E-state index is 12.6. The SMILES string of the molecule is CC(NC(=O)c1ccc(-c2ccccc2)cc1)C1CC2CCC1C2. The van der Waals surface area contributed by atoms with Crippen LogP contribution in [0.2, 0.25) is 0 Å². The lowest BCUT2D eigenvalue weighted by atomic mass is 9.84. The van der Waals surface area contributed by atoms with E-state index in [-0.39, 0.29) is 11.9 Å². The van der Waals surface area contributed by atoms with E-state index in [1.165, 1.54) is 31.2 Å². The van der Waals surface area contributed by atoms with Gasteiger partial charge < -0.3 is 5.32 Å². The minimum atomic E-state index is 0.0601. The zero-order chi connectivity index (χ0) is 16.5. The molecule has 4 rings (SSSR count). The van der Waals surface area contributed by atoms with Gasteiger partial charge in [0.05, 0.1) is 0 Å². The fourth-order valence-electron chi connectivity index (χ4n) is 4.75. The molecule has 2 aromatic carbocycles. The van der Waals surface area contributed by atoms with Gasteiger partial charge in [-0.2, -0.15) is 0 Å². The summed E-state index contributed by atoms with van der Waals surface area (Å²) in [5.74, 6) is 2.50. The number of fused-ring (bicyclic) bond motifs is 2. The molecule has 2 saturated carbocycles.